The largest absolute Gasteiger partial charge is 0.368 e. The molecule has 30 heavy (non-hydrogen) atoms. The second-order valence-electron chi connectivity index (χ2n) is 8.03. The number of fused-ring (bicyclic) bond motifs is 2. The van der Waals surface area contributed by atoms with Crippen molar-refractivity contribution >= 4 is 5.91 Å². The van der Waals surface area contributed by atoms with Crippen LogP contribution in [0.5, 0.6) is 0 Å². The van der Waals surface area contributed by atoms with Gasteiger partial charge in [0.05, 0.1) is 23.6 Å². The molecule has 2 aliphatic rings. The molecule has 7 heteroatoms. The summed E-state index contributed by atoms with van der Waals surface area (Å²) in [5, 5.41) is 4.90. The predicted octanol–water partition coefficient (Wildman–Crippen LogP) is 2.28. The van der Waals surface area contributed by atoms with Gasteiger partial charge >= 0.3 is 0 Å². The molecule has 1 amide bonds. The van der Waals surface area contributed by atoms with E-state index in [1.54, 1.807) is 19.3 Å². The molecule has 2 aliphatic heterocycles. The molecule has 1 spiro atoms. The fourth-order valence-corrected chi connectivity index (χ4v) is 4.47. The highest BCUT2D eigenvalue weighted by molar-refractivity contribution is 5.94. The molecule has 0 saturated carbocycles. The first-order valence-electron chi connectivity index (χ1n) is 10.3. The van der Waals surface area contributed by atoms with Crippen molar-refractivity contribution in [2.75, 3.05) is 19.7 Å². The summed E-state index contributed by atoms with van der Waals surface area (Å²) >= 11 is 0. The van der Waals surface area contributed by atoms with Crippen LogP contribution in [0.15, 0.2) is 59.7 Å². The van der Waals surface area contributed by atoms with Gasteiger partial charge in [0.25, 0.3) is 5.91 Å². The number of benzene rings is 1. The third-order valence-corrected chi connectivity index (χ3v) is 6.18. The van der Waals surface area contributed by atoms with E-state index in [4.69, 9.17) is 9.84 Å². The SMILES string of the molecule is Cn1cc(C(=O)N2CCC3(CC2)OCCc2cn(-c4ccccc4)nc23)ccc1=O. The van der Waals surface area contributed by atoms with Crippen LogP contribution in [0.3, 0.4) is 0 Å². The number of nitrogens with zero attached hydrogens (tertiary/aromatic N) is 4. The Bertz CT molecular complexity index is 1140. The highest BCUT2D eigenvalue weighted by atomic mass is 16.5. The normalized spacial score (nSPS) is 17.7. The predicted molar refractivity (Wildman–Crippen MR) is 112 cm³/mol. The lowest BCUT2D eigenvalue weighted by Gasteiger charge is -2.43. The molecule has 0 unspecified atom stereocenters. The summed E-state index contributed by atoms with van der Waals surface area (Å²) in [6.45, 7) is 1.86. The fraction of sp³-hybridized carbons (Fsp3) is 0.348. The van der Waals surface area contributed by atoms with Crippen molar-refractivity contribution in [3.05, 3.63) is 82.0 Å². The van der Waals surface area contributed by atoms with Gasteiger partial charge in [0, 0.05) is 38.6 Å². The van der Waals surface area contributed by atoms with E-state index in [0.29, 0.717) is 38.1 Å². The average Bonchev–Trinajstić information content (AvgIpc) is 3.23. The van der Waals surface area contributed by atoms with Crippen LogP contribution < -0.4 is 5.56 Å². The third kappa shape index (κ3) is 3.15. The molecule has 4 heterocycles. The summed E-state index contributed by atoms with van der Waals surface area (Å²) in [7, 11) is 1.66. The van der Waals surface area contributed by atoms with Gasteiger partial charge in [-0.25, -0.2) is 4.68 Å². The molecular formula is C23H24N4O3. The number of amides is 1. The Kier molecular flexibility index (Phi) is 4.55. The van der Waals surface area contributed by atoms with Gasteiger partial charge in [-0.1, -0.05) is 18.2 Å². The quantitative estimate of drug-likeness (QED) is 0.657. The zero-order chi connectivity index (χ0) is 20.7. The molecule has 1 fully saturated rings. The lowest BCUT2D eigenvalue weighted by molar-refractivity contribution is -0.0963. The Morgan fingerprint density at radius 2 is 1.83 bits per heavy atom. The van der Waals surface area contributed by atoms with Crippen molar-refractivity contribution < 1.29 is 9.53 Å². The molecule has 0 bridgehead atoms. The average molecular weight is 404 g/mol. The zero-order valence-electron chi connectivity index (χ0n) is 17.0. The van der Waals surface area contributed by atoms with Crippen molar-refractivity contribution in [2.24, 2.45) is 7.05 Å². The van der Waals surface area contributed by atoms with E-state index in [1.165, 1.54) is 16.2 Å². The smallest absolute Gasteiger partial charge is 0.255 e. The van der Waals surface area contributed by atoms with Gasteiger partial charge in [-0.05, 0) is 43.0 Å². The lowest BCUT2D eigenvalue weighted by Crippen LogP contribution is -2.48. The summed E-state index contributed by atoms with van der Waals surface area (Å²) in [5.41, 5.74) is 3.24. The van der Waals surface area contributed by atoms with E-state index in [-0.39, 0.29) is 11.5 Å². The summed E-state index contributed by atoms with van der Waals surface area (Å²) < 4.78 is 9.66. The van der Waals surface area contributed by atoms with Crippen LogP contribution in [0.25, 0.3) is 5.69 Å². The van der Waals surface area contributed by atoms with E-state index in [9.17, 15) is 9.59 Å². The molecule has 0 atom stereocenters. The van der Waals surface area contributed by atoms with Crippen LogP contribution >= 0.6 is 0 Å². The number of hydrogen-bond acceptors (Lipinski definition) is 4. The molecule has 2 aromatic heterocycles. The van der Waals surface area contributed by atoms with Gasteiger partial charge in [-0.15, -0.1) is 0 Å². The first kappa shape index (κ1) is 18.8. The number of rotatable bonds is 2. The van der Waals surface area contributed by atoms with Crippen LogP contribution in [0.4, 0.5) is 0 Å². The number of hydrogen-bond donors (Lipinski definition) is 0. The Balaban J connectivity index is 1.37. The monoisotopic (exact) mass is 404 g/mol. The van der Waals surface area contributed by atoms with Gasteiger partial charge in [0.1, 0.15) is 5.60 Å². The lowest BCUT2D eigenvalue weighted by atomic mass is 9.83. The molecule has 0 N–H and O–H groups in total. The van der Waals surface area contributed by atoms with Crippen molar-refractivity contribution in [2.45, 2.75) is 24.9 Å². The summed E-state index contributed by atoms with van der Waals surface area (Å²) in [4.78, 5) is 26.4. The first-order valence-corrected chi connectivity index (χ1v) is 10.3. The van der Waals surface area contributed by atoms with Crippen molar-refractivity contribution in [1.82, 2.24) is 19.2 Å². The maximum Gasteiger partial charge on any atom is 0.255 e. The third-order valence-electron chi connectivity index (χ3n) is 6.18. The number of aromatic nitrogens is 3. The summed E-state index contributed by atoms with van der Waals surface area (Å²) in [5.74, 6) is -0.0497. The molecule has 3 aromatic rings. The summed E-state index contributed by atoms with van der Waals surface area (Å²) in [6, 6.07) is 13.1. The van der Waals surface area contributed by atoms with Crippen molar-refractivity contribution in [3.8, 4) is 5.69 Å². The molecule has 1 aromatic carbocycles. The topological polar surface area (TPSA) is 69.4 Å². The van der Waals surface area contributed by atoms with Gasteiger partial charge in [0.15, 0.2) is 0 Å². The van der Waals surface area contributed by atoms with Crippen LogP contribution in [0.1, 0.15) is 34.5 Å². The van der Waals surface area contributed by atoms with Gasteiger partial charge in [0.2, 0.25) is 5.56 Å². The Labute approximate surface area is 174 Å². The van der Waals surface area contributed by atoms with Gasteiger partial charge in [-0.3, -0.25) is 9.59 Å². The minimum absolute atomic E-state index is 0.0497. The number of likely N-dealkylation sites (tertiary alicyclic amines) is 1. The van der Waals surface area contributed by atoms with Crippen molar-refractivity contribution in [3.63, 3.8) is 0 Å². The standard InChI is InChI=1S/C23H24N4O3/c1-25-15-18(7-8-20(25)28)22(29)26-12-10-23(11-13-26)21-17(9-14-30-23)16-27(24-21)19-5-3-2-4-6-19/h2-8,15-16H,9-14H2,1H3. The Hall–Kier alpha value is -3.19. The number of ether oxygens (including phenoxy) is 1. The number of aryl methyl sites for hydroxylation is 1. The van der Waals surface area contributed by atoms with Crippen molar-refractivity contribution in [1.29, 1.82) is 0 Å². The highest BCUT2D eigenvalue weighted by Crippen LogP contribution is 2.41. The number of carbonyl (C=O) groups excluding carboxylic acids is 1. The maximum absolute atomic E-state index is 12.9. The number of piperidine rings is 1. The molecule has 0 aliphatic carbocycles. The molecule has 5 rings (SSSR count). The Morgan fingerprint density at radius 3 is 2.57 bits per heavy atom. The van der Waals surface area contributed by atoms with E-state index < -0.39 is 5.60 Å². The number of pyridine rings is 1. The second kappa shape index (κ2) is 7.25. The minimum atomic E-state index is -0.437. The van der Waals surface area contributed by atoms with Crippen LogP contribution in [-0.4, -0.2) is 44.9 Å². The van der Waals surface area contributed by atoms with Gasteiger partial charge < -0.3 is 14.2 Å². The van der Waals surface area contributed by atoms with Gasteiger partial charge in [-0.2, -0.15) is 5.10 Å². The van der Waals surface area contributed by atoms with Crippen LogP contribution in [-0.2, 0) is 23.8 Å². The number of carbonyl (C=O) groups is 1. The minimum Gasteiger partial charge on any atom is -0.368 e. The molecule has 0 radical (unpaired) electrons. The van der Waals surface area contributed by atoms with Crippen LogP contribution in [0.2, 0.25) is 0 Å². The highest BCUT2D eigenvalue weighted by Gasteiger charge is 2.44. The van der Waals surface area contributed by atoms with E-state index >= 15 is 0 Å². The van der Waals surface area contributed by atoms with E-state index in [2.05, 4.69) is 6.20 Å². The fourth-order valence-electron chi connectivity index (χ4n) is 4.47. The molecule has 1 saturated heterocycles. The van der Waals surface area contributed by atoms with E-state index in [0.717, 1.165) is 17.8 Å². The van der Waals surface area contributed by atoms with Crippen LogP contribution in [0, 0.1) is 0 Å². The molecular weight excluding hydrogens is 380 g/mol. The zero-order valence-corrected chi connectivity index (χ0v) is 17.0. The summed E-state index contributed by atoms with van der Waals surface area (Å²) in [6.07, 6.45) is 5.99. The maximum atomic E-state index is 12.9. The Morgan fingerprint density at radius 1 is 1.07 bits per heavy atom. The number of para-hydroxylation sites is 1. The molecule has 7 nitrogen and oxygen atoms in total. The first-order chi connectivity index (χ1) is 14.6. The van der Waals surface area contributed by atoms with E-state index in [1.807, 2.05) is 39.9 Å². The molecule has 154 valence electrons. The second-order valence-corrected chi connectivity index (χ2v) is 8.03.